The maximum Gasteiger partial charge on any atom is 0.317 e. The number of hydrogen-bond donors (Lipinski definition) is 2. The van der Waals surface area contributed by atoms with Crippen LogP contribution in [0.15, 0.2) is 30.9 Å². The van der Waals surface area contributed by atoms with Crippen LogP contribution in [-0.4, -0.2) is 57.2 Å². The smallest absolute Gasteiger partial charge is 0.317 e. The third kappa shape index (κ3) is 5.15. The summed E-state index contributed by atoms with van der Waals surface area (Å²) < 4.78 is 10.7. The van der Waals surface area contributed by atoms with Crippen molar-refractivity contribution < 1.29 is 19.1 Å². The van der Waals surface area contributed by atoms with Gasteiger partial charge in [0, 0.05) is 32.1 Å². The highest BCUT2D eigenvalue weighted by atomic mass is 16.5. The number of hydrogen-bond acceptors (Lipinski definition) is 4. The molecule has 1 aliphatic rings. The molecule has 148 valence electrons. The molecule has 0 saturated carbocycles. The zero-order chi connectivity index (χ0) is 19.8. The van der Waals surface area contributed by atoms with Crippen molar-refractivity contribution in [2.45, 2.75) is 19.3 Å². The van der Waals surface area contributed by atoms with E-state index in [-0.39, 0.29) is 23.8 Å². The Hall–Kier alpha value is -2.70. The number of ether oxygens (including phenoxy) is 2. The highest BCUT2D eigenvalue weighted by molar-refractivity contribution is 5.81. The number of amides is 3. The average molecular weight is 375 g/mol. The van der Waals surface area contributed by atoms with Crippen molar-refractivity contribution >= 4 is 11.9 Å². The van der Waals surface area contributed by atoms with Gasteiger partial charge in [-0.25, -0.2) is 4.79 Å². The van der Waals surface area contributed by atoms with Gasteiger partial charge in [0.2, 0.25) is 5.91 Å². The van der Waals surface area contributed by atoms with Gasteiger partial charge in [-0.1, -0.05) is 12.1 Å². The highest BCUT2D eigenvalue weighted by Gasteiger charge is 2.34. The van der Waals surface area contributed by atoms with Gasteiger partial charge in [-0.2, -0.15) is 0 Å². The molecule has 1 aromatic rings. The van der Waals surface area contributed by atoms with E-state index < -0.39 is 0 Å². The Morgan fingerprint density at radius 2 is 1.96 bits per heavy atom. The number of likely N-dealkylation sites (tertiary alicyclic amines) is 1. The minimum atomic E-state index is -0.278. The second-order valence-corrected chi connectivity index (χ2v) is 6.52. The third-order valence-electron chi connectivity index (χ3n) is 4.74. The number of methoxy groups -OCH3 is 2. The number of rotatable bonds is 7. The van der Waals surface area contributed by atoms with Gasteiger partial charge in [-0.05, 0) is 31.0 Å². The van der Waals surface area contributed by atoms with E-state index in [1.54, 1.807) is 25.2 Å². The molecule has 7 nitrogen and oxygen atoms in total. The lowest BCUT2D eigenvalue weighted by molar-refractivity contribution is -0.126. The fourth-order valence-corrected chi connectivity index (χ4v) is 3.38. The van der Waals surface area contributed by atoms with Crippen molar-refractivity contribution in [2.24, 2.45) is 5.92 Å². The first-order valence-corrected chi connectivity index (χ1v) is 9.17. The van der Waals surface area contributed by atoms with Crippen LogP contribution in [-0.2, 0) is 4.79 Å². The van der Waals surface area contributed by atoms with E-state index in [2.05, 4.69) is 17.2 Å². The summed E-state index contributed by atoms with van der Waals surface area (Å²) in [6.45, 7) is 7.41. The Morgan fingerprint density at radius 3 is 2.59 bits per heavy atom. The Bertz CT molecular complexity index is 677. The van der Waals surface area contributed by atoms with E-state index in [9.17, 15) is 9.59 Å². The molecule has 7 heteroatoms. The summed E-state index contributed by atoms with van der Waals surface area (Å²) in [5, 5.41) is 5.67. The third-order valence-corrected chi connectivity index (χ3v) is 4.74. The van der Waals surface area contributed by atoms with Crippen LogP contribution < -0.4 is 20.1 Å². The number of carbonyl (C=O) groups excluding carboxylic acids is 2. The van der Waals surface area contributed by atoms with E-state index in [1.807, 2.05) is 25.1 Å². The van der Waals surface area contributed by atoms with Crippen LogP contribution in [0, 0.1) is 5.92 Å². The SMILES string of the molecule is C=CCNC(=O)[C@@H]1C[C@H](c2ccc(OC)c(OC)c2)CN(C(=O)NCC)C1. The Labute approximate surface area is 160 Å². The lowest BCUT2D eigenvalue weighted by atomic mass is 9.84. The molecule has 1 aliphatic heterocycles. The minimum absolute atomic E-state index is 0.0284. The van der Waals surface area contributed by atoms with Crippen LogP contribution in [0.5, 0.6) is 11.5 Å². The Kier molecular flexibility index (Phi) is 7.52. The molecule has 3 amide bonds. The van der Waals surface area contributed by atoms with Crippen LogP contribution in [0.1, 0.15) is 24.8 Å². The number of nitrogens with one attached hydrogen (secondary N) is 2. The number of carbonyl (C=O) groups is 2. The molecular formula is C20H29N3O4. The number of nitrogens with zero attached hydrogens (tertiary/aromatic N) is 1. The van der Waals surface area contributed by atoms with Crippen LogP contribution in [0.4, 0.5) is 4.79 Å². The topological polar surface area (TPSA) is 79.9 Å². The molecule has 0 aliphatic carbocycles. The van der Waals surface area contributed by atoms with Crippen LogP contribution in [0.25, 0.3) is 0 Å². The summed E-state index contributed by atoms with van der Waals surface area (Å²) in [6.07, 6.45) is 2.31. The quantitative estimate of drug-likeness (QED) is 0.716. The molecule has 1 saturated heterocycles. The van der Waals surface area contributed by atoms with Crippen LogP contribution in [0.2, 0.25) is 0 Å². The molecule has 2 rings (SSSR count). The van der Waals surface area contributed by atoms with Gasteiger partial charge >= 0.3 is 6.03 Å². The molecule has 1 heterocycles. The Morgan fingerprint density at radius 1 is 1.22 bits per heavy atom. The molecule has 27 heavy (non-hydrogen) atoms. The van der Waals surface area contributed by atoms with Crippen molar-refractivity contribution in [3.63, 3.8) is 0 Å². The van der Waals surface area contributed by atoms with E-state index in [0.29, 0.717) is 44.1 Å². The van der Waals surface area contributed by atoms with Gasteiger partial charge in [0.25, 0.3) is 0 Å². The molecule has 1 aromatic carbocycles. The van der Waals surface area contributed by atoms with E-state index in [4.69, 9.17) is 9.47 Å². The van der Waals surface area contributed by atoms with Gasteiger partial charge in [0.15, 0.2) is 11.5 Å². The van der Waals surface area contributed by atoms with E-state index in [0.717, 1.165) is 5.56 Å². The normalized spacial score (nSPS) is 19.1. The first-order chi connectivity index (χ1) is 13.0. The second-order valence-electron chi connectivity index (χ2n) is 6.52. The lowest BCUT2D eigenvalue weighted by Crippen LogP contribution is -2.51. The maximum atomic E-state index is 12.5. The Balaban J connectivity index is 2.26. The summed E-state index contributed by atoms with van der Waals surface area (Å²) >= 11 is 0. The highest BCUT2D eigenvalue weighted by Crippen LogP contribution is 2.35. The number of urea groups is 1. The molecule has 2 atom stereocenters. The summed E-state index contributed by atoms with van der Waals surface area (Å²) in [5.41, 5.74) is 1.02. The van der Waals surface area contributed by atoms with E-state index in [1.165, 1.54) is 0 Å². The van der Waals surface area contributed by atoms with Gasteiger partial charge in [0.05, 0.1) is 20.1 Å². The van der Waals surface area contributed by atoms with E-state index >= 15 is 0 Å². The first kappa shape index (κ1) is 20.6. The largest absolute Gasteiger partial charge is 0.493 e. The lowest BCUT2D eigenvalue weighted by Gasteiger charge is -2.37. The zero-order valence-electron chi connectivity index (χ0n) is 16.3. The fraction of sp³-hybridized carbons (Fsp3) is 0.500. The second kappa shape index (κ2) is 9.85. The predicted octanol–water partition coefficient (Wildman–Crippen LogP) is 2.14. The fourth-order valence-electron chi connectivity index (χ4n) is 3.38. The van der Waals surface area contributed by atoms with Gasteiger partial charge in [-0.15, -0.1) is 6.58 Å². The minimum Gasteiger partial charge on any atom is -0.493 e. The van der Waals surface area contributed by atoms with Gasteiger partial charge < -0.3 is 25.0 Å². The monoisotopic (exact) mass is 375 g/mol. The molecule has 0 radical (unpaired) electrons. The molecule has 0 spiro atoms. The molecular weight excluding hydrogens is 346 g/mol. The molecule has 0 unspecified atom stereocenters. The van der Waals surface area contributed by atoms with Gasteiger partial charge in [-0.3, -0.25) is 4.79 Å². The molecule has 0 bridgehead atoms. The van der Waals surface area contributed by atoms with Crippen molar-refractivity contribution in [1.82, 2.24) is 15.5 Å². The number of piperidine rings is 1. The summed E-state index contributed by atoms with van der Waals surface area (Å²) in [4.78, 5) is 26.6. The average Bonchev–Trinajstić information content (AvgIpc) is 2.71. The summed E-state index contributed by atoms with van der Waals surface area (Å²) in [7, 11) is 3.18. The molecule has 0 aromatic heterocycles. The summed E-state index contributed by atoms with van der Waals surface area (Å²) in [6, 6.07) is 5.59. The summed E-state index contributed by atoms with van der Waals surface area (Å²) in [5.74, 6) is 0.977. The van der Waals surface area contributed by atoms with Crippen molar-refractivity contribution in [2.75, 3.05) is 40.4 Å². The number of benzene rings is 1. The van der Waals surface area contributed by atoms with Crippen molar-refractivity contribution in [3.05, 3.63) is 36.4 Å². The van der Waals surface area contributed by atoms with Gasteiger partial charge in [0.1, 0.15) is 0 Å². The standard InChI is InChI=1S/C20H29N3O4/c1-5-9-22-19(24)16-10-15(12-23(13-16)20(25)21-6-2)14-7-8-17(26-3)18(11-14)27-4/h5,7-8,11,15-16H,1,6,9-10,12-13H2,2-4H3,(H,21,25)(H,22,24)/t15-,16+/m0/s1. The van der Waals surface area contributed by atoms with Crippen LogP contribution >= 0.6 is 0 Å². The molecule has 2 N–H and O–H groups in total. The maximum absolute atomic E-state index is 12.5. The first-order valence-electron chi connectivity index (χ1n) is 9.17. The zero-order valence-corrected chi connectivity index (χ0v) is 16.3. The van der Waals surface area contributed by atoms with Crippen LogP contribution in [0.3, 0.4) is 0 Å². The van der Waals surface area contributed by atoms with Crippen molar-refractivity contribution in [3.8, 4) is 11.5 Å². The predicted molar refractivity (Wildman–Crippen MR) is 104 cm³/mol. The molecule has 1 fully saturated rings. The van der Waals surface area contributed by atoms with Crippen molar-refractivity contribution in [1.29, 1.82) is 0 Å².